The lowest BCUT2D eigenvalue weighted by molar-refractivity contribution is 0.0695. The smallest absolute Gasteiger partial charge is 0.337 e. The van der Waals surface area contributed by atoms with Gasteiger partial charge in [0, 0.05) is 11.9 Å². The van der Waals surface area contributed by atoms with Gasteiger partial charge in [0.2, 0.25) is 0 Å². The average molecular weight is 223 g/mol. The number of pyridine rings is 1. The molecule has 0 saturated carbocycles. The second-order valence-electron chi connectivity index (χ2n) is 3.63. The Balaban J connectivity index is 2.56. The summed E-state index contributed by atoms with van der Waals surface area (Å²) in [6, 6.07) is 0. The minimum Gasteiger partial charge on any atom is -0.478 e. The van der Waals surface area contributed by atoms with Crippen LogP contribution in [0, 0.1) is 6.92 Å². The maximum atomic E-state index is 11.0. The zero-order valence-corrected chi connectivity index (χ0v) is 9.43. The fraction of sp³-hybridized carbons (Fsp3) is 0.455. The molecule has 1 aromatic rings. The van der Waals surface area contributed by atoms with Gasteiger partial charge in [0.05, 0.1) is 5.56 Å². The predicted octanol–water partition coefficient (Wildman–Crippen LogP) is 1.92. The molecule has 0 bridgehead atoms. The molecule has 0 unspecified atom stereocenters. The lowest BCUT2D eigenvalue weighted by Gasteiger charge is -2.10. The van der Waals surface area contributed by atoms with Crippen molar-refractivity contribution in [3.8, 4) is 0 Å². The van der Waals surface area contributed by atoms with Crippen molar-refractivity contribution >= 4 is 17.7 Å². The number of nitrogens with zero attached hydrogens (tertiary/aromatic N) is 1. The summed E-state index contributed by atoms with van der Waals surface area (Å²) >= 11 is 1.88. The van der Waals surface area contributed by atoms with Gasteiger partial charge in [0.1, 0.15) is 0 Å². The van der Waals surface area contributed by atoms with E-state index >= 15 is 0 Å². The summed E-state index contributed by atoms with van der Waals surface area (Å²) in [7, 11) is 0. The Hall–Kier alpha value is -1.03. The van der Waals surface area contributed by atoms with Gasteiger partial charge in [-0.3, -0.25) is 4.98 Å². The van der Waals surface area contributed by atoms with Crippen LogP contribution in [0.1, 0.15) is 27.2 Å². The average Bonchev–Trinajstić information content (AvgIpc) is 2.43. The largest absolute Gasteiger partial charge is 0.478 e. The number of aryl methyl sites for hydroxylation is 1. The summed E-state index contributed by atoms with van der Waals surface area (Å²) in [6.45, 7) is 1.96. The number of carboxylic acids is 1. The van der Waals surface area contributed by atoms with E-state index in [1.807, 2.05) is 18.7 Å². The minimum atomic E-state index is -0.856. The topological polar surface area (TPSA) is 50.2 Å². The quantitative estimate of drug-likeness (QED) is 0.790. The Morgan fingerprint density at radius 3 is 2.73 bits per heavy atom. The number of aromatic nitrogens is 1. The van der Waals surface area contributed by atoms with Crippen molar-refractivity contribution in [3.05, 3.63) is 28.6 Å². The molecular weight excluding hydrogens is 210 g/mol. The lowest BCUT2D eigenvalue weighted by Crippen LogP contribution is -2.09. The van der Waals surface area contributed by atoms with Crippen LogP contribution < -0.4 is 0 Å². The van der Waals surface area contributed by atoms with E-state index in [2.05, 4.69) is 4.98 Å². The first-order chi connectivity index (χ1) is 7.20. The van der Waals surface area contributed by atoms with E-state index < -0.39 is 5.97 Å². The standard InChI is InChI=1S/C11H13NO2S/c1-7-8-2-4-15-5-3-9(8)10(6-12-7)11(13)14/h6H,2-5H2,1H3,(H,13,14). The van der Waals surface area contributed by atoms with Crippen LogP contribution in [0.4, 0.5) is 0 Å². The molecule has 0 fully saturated rings. The molecule has 0 aromatic carbocycles. The van der Waals surface area contributed by atoms with E-state index in [9.17, 15) is 4.79 Å². The number of hydrogen-bond donors (Lipinski definition) is 1. The predicted molar refractivity (Wildman–Crippen MR) is 60.7 cm³/mol. The third kappa shape index (κ3) is 2.00. The number of aromatic carboxylic acids is 1. The van der Waals surface area contributed by atoms with Crippen molar-refractivity contribution in [3.63, 3.8) is 0 Å². The van der Waals surface area contributed by atoms with Crippen molar-refractivity contribution in [1.29, 1.82) is 0 Å². The fourth-order valence-corrected chi connectivity index (χ4v) is 2.85. The van der Waals surface area contributed by atoms with E-state index in [4.69, 9.17) is 5.11 Å². The Bertz CT molecular complexity index is 404. The van der Waals surface area contributed by atoms with E-state index in [0.717, 1.165) is 41.2 Å². The Morgan fingerprint density at radius 1 is 1.40 bits per heavy atom. The summed E-state index contributed by atoms with van der Waals surface area (Å²) < 4.78 is 0. The van der Waals surface area contributed by atoms with E-state index in [1.54, 1.807) is 0 Å². The molecule has 0 saturated heterocycles. The monoisotopic (exact) mass is 223 g/mol. The Morgan fingerprint density at radius 2 is 2.07 bits per heavy atom. The van der Waals surface area contributed by atoms with Crippen molar-refractivity contribution in [1.82, 2.24) is 4.98 Å². The normalized spacial score (nSPS) is 15.5. The number of carboxylic acid groups (broad SMARTS) is 1. The maximum absolute atomic E-state index is 11.0. The highest BCUT2D eigenvalue weighted by atomic mass is 32.2. The highest BCUT2D eigenvalue weighted by Gasteiger charge is 2.18. The SMILES string of the molecule is Cc1ncc(C(=O)O)c2c1CCSCC2. The van der Waals surface area contributed by atoms with Gasteiger partial charge in [0.25, 0.3) is 0 Å². The van der Waals surface area contributed by atoms with Gasteiger partial charge in [-0.25, -0.2) is 4.79 Å². The molecule has 0 spiro atoms. The summed E-state index contributed by atoms with van der Waals surface area (Å²) in [6.07, 6.45) is 3.29. The van der Waals surface area contributed by atoms with Crippen molar-refractivity contribution in [2.24, 2.45) is 0 Å². The van der Waals surface area contributed by atoms with Crippen molar-refractivity contribution < 1.29 is 9.90 Å². The fourth-order valence-electron chi connectivity index (χ4n) is 1.95. The Labute approximate surface area is 92.9 Å². The van der Waals surface area contributed by atoms with Crippen LogP contribution in [0.15, 0.2) is 6.20 Å². The summed E-state index contributed by atoms with van der Waals surface area (Å²) in [5.41, 5.74) is 3.52. The van der Waals surface area contributed by atoms with Crippen molar-refractivity contribution in [2.45, 2.75) is 19.8 Å². The molecule has 1 aliphatic rings. The molecule has 1 aliphatic heterocycles. The molecule has 0 aliphatic carbocycles. The molecule has 0 radical (unpaired) electrons. The van der Waals surface area contributed by atoms with E-state index in [1.165, 1.54) is 6.20 Å². The molecule has 80 valence electrons. The van der Waals surface area contributed by atoms with Gasteiger partial charge in [-0.15, -0.1) is 0 Å². The number of carbonyl (C=O) groups is 1. The highest BCUT2D eigenvalue weighted by molar-refractivity contribution is 7.99. The van der Waals surface area contributed by atoms with E-state index in [0.29, 0.717) is 5.56 Å². The van der Waals surface area contributed by atoms with Crippen LogP contribution in [0.3, 0.4) is 0 Å². The lowest BCUT2D eigenvalue weighted by atomic mass is 9.97. The number of thioether (sulfide) groups is 1. The summed E-state index contributed by atoms with van der Waals surface area (Å²) in [5.74, 6) is 1.22. The zero-order valence-electron chi connectivity index (χ0n) is 8.62. The van der Waals surface area contributed by atoms with Crippen LogP contribution in [-0.4, -0.2) is 27.6 Å². The second-order valence-corrected chi connectivity index (χ2v) is 4.86. The molecule has 3 nitrogen and oxygen atoms in total. The maximum Gasteiger partial charge on any atom is 0.337 e. The molecule has 15 heavy (non-hydrogen) atoms. The first-order valence-electron chi connectivity index (χ1n) is 4.98. The summed E-state index contributed by atoms with van der Waals surface area (Å²) in [4.78, 5) is 15.2. The van der Waals surface area contributed by atoms with Crippen molar-refractivity contribution in [2.75, 3.05) is 11.5 Å². The Kier molecular flexibility index (Phi) is 2.95. The van der Waals surface area contributed by atoms with Gasteiger partial charge in [-0.1, -0.05) is 0 Å². The van der Waals surface area contributed by atoms with Gasteiger partial charge in [0.15, 0.2) is 0 Å². The second kappa shape index (κ2) is 4.23. The third-order valence-electron chi connectivity index (χ3n) is 2.74. The number of fused-ring (bicyclic) bond motifs is 1. The van der Waals surface area contributed by atoms with Gasteiger partial charge >= 0.3 is 5.97 Å². The molecule has 0 amide bonds. The van der Waals surface area contributed by atoms with E-state index in [-0.39, 0.29) is 0 Å². The first-order valence-corrected chi connectivity index (χ1v) is 6.14. The molecule has 2 heterocycles. The molecule has 4 heteroatoms. The molecule has 1 N–H and O–H groups in total. The van der Waals surface area contributed by atoms with Crippen LogP contribution in [0.2, 0.25) is 0 Å². The molecular formula is C11H13NO2S. The first kappa shape index (κ1) is 10.5. The van der Waals surface area contributed by atoms with Gasteiger partial charge < -0.3 is 5.11 Å². The number of rotatable bonds is 1. The zero-order chi connectivity index (χ0) is 10.8. The van der Waals surface area contributed by atoms with Crippen LogP contribution in [0.5, 0.6) is 0 Å². The van der Waals surface area contributed by atoms with Crippen LogP contribution in [-0.2, 0) is 12.8 Å². The van der Waals surface area contributed by atoms with Crippen LogP contribution in [0.25, 0.3) is 0 Å². The summed E-state index contributed by atoms with van der Waals surface area (Å²) in [5, 5.41) is 9.08. The van der Waals surface area contributed by atoms with Crippen LogP contribution >= 0.6 is 11.8 Å². The molecule has 0 atom stereocenters. The number of hydrogen-bond acceptors (Lipinski definition) is 3. The van der Waals surface area contributed by atoms with Gasteiger partial charge in [-0.2, -0.15) is 11.8 Å². The third-order valence-corrected chi connectivity index (χ3v) is 3.72. The van der Waals surface area contributed by atoms with Gasteiger partial charge in [-0.05, 0) is 42.4 Å². The molecule has 1 aromatic heterocycles. The minimum absolute atomic E-state index is 0.387. The molecule has 2 rings (SSSR count). The highest BCUT2D eigenvalue weighted by Crippen LogP contribution is 2.24.